The average Bonchev–Trinajstić information content (AvgIpc) is 2.58. The molecule has 0 amide bonds. The lowest BCUT2D eigenvalue weighted by molar-refractivity contribution is -0.137. The van der Waals surface area contributed by atoms with Crippen molar-refractivity contribution < 1.29 is 9.53 Å². The third-order valence-corrected chi connectivity index (χ3v) is 4.90. The Morgan fingerprint density at radius 2 is 1.38 bits per heavy atom. The van der Waals surface area contributed by atoms with Crippen molar-refractivity contribution in [2.24, 2.45) is 0 Å². The summed E-state index contributed by atoms with van der Waals surface area (Å²) < 4.78 is 5.16. The number of benzene rings is 2. The Morgan fingerprint density at radius 3 is 1.88 bits per heavy atom. The van der Waals surface area contributed by atoms with E-state index in [4.69, 9.17) is 4.74 Å². The molecule has 0 saturated carbocycles. The summed E-state index contributed by atoms with van der Waals surface area (Å²) in [6, 6.07) is 10.0. The smallest absolute Gasteiger partial charge is 0.331 e. The molecule has 0 atom stereocenters. The quantitative estimate of drug-likeness (QED) is 0.569. The average molecular weight is 322 g/mol. The van der Waals surface area contributed by atoms with Crippen LogP contribution in [0.15, 0.2) is 36.4 Å². The van der Waals surface area contributed by atoms with Gasteiger partial charge in [-0.05, 0) is 86.1 Å². The number of carbonyl (C=O) groups excluding carboxylic acids is 1. The third kappa shape index (κ3) is 3.43. The van der Waals surface area contributed by atoms with Crippen LogP contribution in [0.5, 0.6) is 0 Å². The number of hydrogen-bond acceptors (Lipinski definition) is 2. The Bertz CT molecular complexity index is 754. The Morgan fingerprint density at radius 1 is 0.875 bits per heavy atom. The van der Waals surface area contributed by atoms with E-state index in [1.54, 1.807) is 6.08 Å². The highest BCUT2D eigenvalue weighted by molar-refractivity contribution is 5.97. The molecule has 0 aliphatic rings. The highest BCUT2D eigenvalue weighted by Gasteiger charge is 2.18. The number of ether oxygens (including phenoxy) is 1. The second kappa shape index (κ2) is 7.48. The van der Waals surface area contributed by atoms with Gasteiger partial charge >= 0.3 is 5.97 Å². The Kier molecular flexibility index (Phi) is 5.61. The van der Waals surface area contributed by atoms with E-state index in [2.05, 4.69) is 34.6 Å². The first-order valence-electron chi connectivity index (χ1n) is 8.39. The summed E-state index contributed by atoms with van der Waals surface area (Å²) in [4.78, 5) is 12.2. The van der Waals surface area contributed by atoms with Crippen molar-refractivity contribution in [1.82, 2.24) is 0 Å². The van der Waals surface area contributed by atoms with E-state index in [-0.39, 0.29) is 5.97 Å². The van der Waals surface area contributed by atoms with Crippen molar-refractivity contribution in [3.63, 3.8) is 0 Å². The molecule has 0 heterocycles. The topological polar surface area (TPSA) is 26.3 Å². The first kappa shape index (κ1) is 18.0. The summed E-state index contributed by atoms with van der Waals surface area (Å²) >= 11 is 0. The molecule has 0 radical (unpaired) electrons. The Hall–Kier alpha value is -2.35. The molecular formula is C22H26O2. The SMILES string of the molecule is CCOC(=O)/C=C(\c1ccccc1)c1c(C)c(C)c(C)c(C)c1C. The Balaban J connectivity index is 2.77. The normalized spacial score (nSPS) is 11.5. The van der Waals surface area contributed by atoms with E-state index >= 15 is 0 Å². The van der Waals surface area contributed by atoms with Crippen LogP contribution in [0.4, 0.5) is 0 Å². The standard InChI is InChI=1S/C22H26O2/c1-7-24-21(23)13-20(19-11-9-8-10-12-19)22-17(5)15(3)14(2)16(4)18(22)6/h8-13H,7H2,1-6H3/b20-13+. The van der Waals surface area contributed by atoms with Gasteiger partial charge in [-0.15, -0.1) is 0 Å². The molecule has 0 N–H and O–H groups in total. The van der Waals surface area contributed by atoms with E-state index in [9.17, 15) is 4.79 Å². The molecule has 2 aromatic rings. The van der Waals surface area contributed by atoms with Crippen molar-refractivity contribution in [1.29, 1.82) is 0 Å². The summed E-state index contributed by atoms with van der Waals surface area (Å²) in [6.45, 7) is 12.9. The van der Waals surface area contributed by atoms with Crippen molar-refractivity contribution >= 4 is 11.5 Å². The minimum absolute atomic E-state index is 0.300. The summed E-state index contributed by atoms with van der Waals surface area (Å²) in [6.07, 6.45) is 1.63. The molecule has 2 rings (SSSR count). The van der Waals surface area contributed by atoms with Gasteiger partial charge in [0.15, 0.2) is 0 Å². The molecule has 24 heavy (non-hydrogen) atoms. The summed E-state index contributed by atoms with van der Waals surface area (Å²) in [5, 5.41) is 0. The molecule has 0 unspecified atom stereocenters. The molecule has 2 nitrogen and oxygen atoms in total. The highest BCUT2D eigenvalue weighted by atomic mass is 16.5. The largest absolute Gasteiger partial charge is 0.463 e. The zero-order valence-electron chi connectivity index (χ0n) is 15.5. The molecule has 126 valence electrons. The van der Waals surface area contributed by atoms with Crippen LogP contribution in [0, 0.1) is 34.6 Å². The molecule has 0 bridgehead atoms. The van der Waals surface area contributed by atoms with E-state index in [0.29, 0.717) is 6.61 Å². The maximum atomic E-state index is 12.2. The maximum Gasteiger partial charge on any atom is 0.331 e. The fraction of sp³-hybridized carbons (Fsp3) is 0.318. The van der Waals surface area contributed by atoms with E-state index in [1.807, 2.05) is 37.3 Å². The van der Waals surface area contributed by atoms with Crippen LogP contribution in [-0.2, 0) is 9.53 Å². The molecule has 0 spiro atoms. The first-order chi connectivity index (χ1) is 11.4. The second-order valence-electron chi connectivity index (χ2n) is 6.18. The molecule has 0 fully saturated rings. The van der Waals surface area contributed by atoms with E-state index in [1.165, 1.54) is 27.8 Å². The second-order valence-corrected chi connectivity index (χ2v) is 6.18. The van der Waals surface area contributed by atoms with Crippen LogP contribution in [0.25, 0.3) is 5.57 Å². The van der Waals surface area contributed by atoms with Crippen molar-refractivity contribution in [3.8, 4) is 0 Å². The minimum Gasteiger partial charge on any atom is -0.463 e. The van der Waals surface area contributed by atoms with Crippen LogP contribution in [0.3, 0.4) is 0 Å². The summed E-state index contributed by atoms with van der Waals surface area (Å²) in [7, 11) is 0. The predicted octanol–water partition coefficient (Wildman–Crippen LogP) is 5.22. The van der Waals surface area contributed by atoms with Crippen molar-refractivity contribution in [2.75, 3.05) is 6.61 Å². The lowest BCUT2D eigenvalue weighted by Gasteiger charge is -2.21. The van der Waals surface area contributed by atoms with E-state index in [0.717, 1.165) is 16.7 Å². The van der Waals surface area contributed by atoms with Crippen LogP contribution < -0.4 is 0 Å². The van der Waals surface area contributed by atoms with Gasteiger partial charge in [0.05, 0.1) is 6.61 Å². The molecule has 0 aromatic heterocycles. The lowest BCUT2D eigenvalue weighted by atomic mass is 9.84. The molecule has 0 aliphatic heterocycles. The summed E-state index contributed by atoms with van der Waals surface area (Å²) in [5.74, 6) is -0.300. The predicted molar refractivity (Wildman–Crippen MR) is 100 cm³/mol. The monoisotopic (exact) mass is 322 g/mol. The lowest BCUT2D eigenvalue weighted by Crippen LogP contribution is -2.06. The molecule has 2 heteroatoms. The fourth-order valence-corrected chi connectivity index (χ4v) is 3.12. The molecular weight excluding hydrogens is 296 g/mol. The molecule has 0 aliphatic carbocycles. The maximum absolute atomic E-state index is 12.2. The zero-order valence-corrected chi connectivity index (χ0v) is 15.5. The van der Waals surface area contributed by atoms with Crippen LogP contribution in [-0.4, -0.2) is 12.6 Å². The van der Waals surface area contributed by atoms with Crippen LogP contribution in [0.1, 0.15) is 45.9 Å². The van der Waals surface area contributed by atoms with Gasteiger partial charge in [-0.2, -0.15) is 0 Å². The van der Waals surface area contributed by atoms with Gasteiger partial charge in [-0.3, -0.25) is 0 Å². The Labute approximate surface area is 145 Å². The minimum atomic E-state index is -0.300. The van der Waals surface area contributed by atoms with Gasteiger partial charge in [0.1, 0.15) is 0 Å². The first-order valence-corrected chi connectivity index (χ1v) is 8.39. The van der Waals surface area contributed by atoms with Gasteiger partial charge in [0, 0.05) is 6.08 Å². The van der Waals surface area contributed by atoms with Gasteiger partial charge < -0.3 is 4.74 Å². The van der Waals surface area contributed by atoms with Crippen LogP contribution >= 0.6 is 0 Å². The molecule has 2 aromatic carbocycles. The molecule has 0 saturated heterocycles. The highest BCUT2D eigenvalue weighted by Crippen LogP contribution is 2.34. The van der Waals surface area contributed by atoms with Gasteiger partial charge in [-0.1, -0.05) is 30.3 Å². The third-order valence-electron chi connectivity index (χ3n) is 4.90. The number of esters is 1. The van der Waals surface area contributed by atoms with E-state index < -0.39 is 0 Å². The summed E-state index contributed by atoms with van der Waals surface area (Å²) in [5.41, 5.74) is 9.39. The van der Waals surface area contributed by atoms with Gasteiger partial charge in [0.2, 0.25) is 0 Å². The van der Waals surface area contributed by atoms with Crippen molar-refractivity contribution in [2.45, 2.75) is 41.5 Å². The zero-order chi connectivity index (χ0) is 17.9. The number of carbonyl (C=O) groups is 1. The van der Waals surface area contributed by atoms with Gasteiger partial charge in [0.25, 0.3) is 0 Å². The van der Waals surface area contributed by atoms with Crippen LogP contribution in [0.2, 0.25) is 0 Å². The number of hydrogen-bond donors (Lipinski definition) is 0. The number of rotatable bonds is 4. The fourth-order valence-electron chi connectivity index (χ4n) is 3.12. The van der Waals surface area contributed by atoms with Crippen molar-refractivity contribution in [3.05, 3.63) is 75.4 Å². The van der Waals surface area contributed by atoms with Gasteiger partial charge in [-0.25, -0.2) is 4.79 Å².